The lowest BCUT2D eigenvalue weighted by Gasteiger charge is -2.39. The highest BCUT2D eigenvalue weighted by atomic mass is 19.1. The van der Waals surface area contributed by atoms with Crippen molar-refractivity contribution in [2.75, 3.05) is 5.32 Å². The van der Waals surface area contributed by atoms with E-state index in [0.29, 0.717) is 29.0 Å². The first-order valence-corrected chi connectivity index (χ1v) is 9.96. The van der Waals surface area contributed by atoms with Crippen molar-refractivity contribution in [3.8, 4) is 0 Å². The molecule has 0 radical (unpaired) electrons. The number of halogens is 1. The Bertz CT molecular complexity index is 1090. The van der Waals surface area contributed by atoms with Crippen LogP contribution in [0.25, 0.3) is 0 Å². The zero-order chi connectivity index (χ0) is 21.5. The number of nitrogens with zero attached hydrogens (tertiary/aromatic N) is 1. The molecule has 0 spiro atoms. The number of pyridine rings is 1. The molecule has 1 amide bonds. The van der Waals surface area contributed by atoms with Gasteiger partial charge in [0.2, 0.25) is 0 Å². The molecule has 1 unspecified atom stereocenters. The van der Waals surface area contributed by atoms with Gasteiger partial charge in [0, 0.05) is 53.0 Å². The van der Waals surface area contributed by atoms with Gasteiger partial charge in [0.1, 0.15) is 5.82 Å². The lowest BCUT2D eigenvalue weighted by Crippen LogP contribution is -2.39. The third kappa shape index (κ3) is 3.77. The molecular weight excluding hydrogens is 381 g/mol. The van der Waals surface area contributed by atoms with E-state index < -0.39 is 11.7 Å². The van der Waals surface area contributed by atoms with Crippen LogP contribution in [0.3, 0.4) is 0 Å². The van der Waals surface area contributed by atoms with Crippen LogP contribution in [0.15, 0.2) is 71.3 Å². The minimum absolute atomic E-state index is 0.0335. The van der Waals surface area contributed by atoms with Crippen molar-refractivity contribution in [1.82, 2.24) is 10.3 Å². The normalized spacial score (nSPS) is 20.5. The Labute approximate surface area is 175 Å². The molecule has 0 saturated heterocycles. The van der Waals surface area contributed by atoms with Crippen molar-refractivity contribution >= 4 is 17.4 Å². The van der Waals surface area contributed by atoms with Gasteiger partial charge in [-0.3, -0.25) is 14.6 Å². The molecule has 0 saturated carbocycles. The summed E-state index contributed by atoms with van der Waals surface area (Å²) in [7, 11) is 0. The van der Waals surface area contributed by atoms with Gasteiger partial charge in [0.15, 0.2) is 5.78 Å². The Hall–Kier alpha value is -3.28. The molecule has 2 aromatic rings. The summed E-state index contributed by atoms with van der Waals surface area (Å²) in [6.45, 7) is 5.97. The Morgan fingerprint density at radius 2 is 2.03 bits per heavy atom. The van der Waals surface area contributed by atoms with E-state index in [1.54, 1.807) is 24.5 Å². The molecule has 2 heterocycles. The predicted molar refractivity (Wildman–Crippen MR) is 113 cm³/mol. The van der Waals surface area contributed by atoms with Crippen LogP contribution in [0.1, 0.15) is 45.1 Å². The third-order valence-electron chi connectivity index (χ3n) is 5.58. The van der Waals surface area contributed by atoms with Gasteiger partial charge in [-0.05, 0) is 48.6 Å². The van der Waals surface area contributed by atoms with E-state index in [1.807, 2.05) is 13.0 Å². The maximum atomic E-state index is 13.6. The van der Waals surface area contributed by atoms with Gasteiger partial charge < -0.3 is 10.6 Å². The molecule has 30 heavy (non-hydrogen) atoms. The second-order valence-electron chi connectivity index (χ2n) is 8.68. The lowest BCUT2D eigenvalue weighted by atomic mass is 9.68. The fourth-order valence-corrected chi connectivity index (χ4v) is 4.38. The van der Waals surface area contributed by atoms with Gasteiger partial charge in [-0.1, -0.05) is 26.0 Å². The topological polar surface area (TPSA) is 71.1 Å². The molecule has 1 aromatic carbocycles. The van der Waals surface area contributed by atoms with Crippen molar-refractivity contribution in [1.29, 1.82) is 0 Å². The van der Waals surface area contributed by atoms with Gasteiger partial charge in [0.05, 0.1) is 0 Å². The Morgan fingerprint density at radius 3 is 2.73 bits per heavy atom. The highest BCUT2D eigenvalue weighted by molar-refractivity contribution is 6.09. The van der Waals surface area contributed by atoms with Crippen molar-refractivity contribution in [3.63, 3.8) is 0 Å². The monoisotopic (exact) mass is 405 g/mol. The number of allylic oxidation sites excluding steroid dienone is 3. The van der Waals surface area contributed by atoms with Crippen molar-refractivity contribution in [2.45, 2.75) is 39.5 Å². The number of amides is 1. The second-order valence-corrected chi connectivity index (χ2v) is 8.68. The molecule has 1 aliphatic heterocycles. The standard InChI is InChI=1S/C24H24FN3O2/c1-14-20(23(30)28-17-8-4-7-16(25)10-17)21(15-6-5-9-26-13-15)22-18(27-14)11-24(2,3)12-19(22)29/h4-10,13,21,27H,11-12H2,1-3H3,(H,28,30). The molecule has 6 heteroatoms. The van der Waals surface area contributed by atoms with Gasteiger partial charge in [-0.15, -0.1) is 0 Å². The quantitative estimate of drug-likeness (QED) is 0.791. The summed E-state index contributed by atoms with van der Waals surface area (Å²) < 4.78 is 13.6. The van der Waals surface area contributed by atoms with Crippen molar-refractivity contribution in [2.24, 2.45) is 5.41 Å². The highest BCUT2D eigenvalue weighted by Crippen LogP contribution is 2.46. The smallest absolute Gasteiger partial charge is 0.254 e. The SMILES string of the molecule is CC1=C(C(=O)Nc2cccc(F)c2)C(c2cccnc2)C2=C(CC(C)(C)CC2=O)N1. The van der Waals surface area contributed by atoms with Crippen LogP contribution < -0.4 is 10.6 Å². The number of ketones is 1. The fourth-order valence-electron chi connectivity index (χ4n) is 4.38. The molecule has 0 bridgehead atoms. The average molecular weight is 405 g/mol. The number of carbonyl (C=O) groups excluding carboxylic acids is 2. The van der Waals surface area contributed by atoms with Gasteiger partial charge in [0.25, 0.3) is 5.91 Å². The van der Waals surface area contributed by atoms with E-state index in [9.17, 15) is 14.0 Å². The largest absolute Gasteiger partial charge is 0.362 e. The van der Waals surface area contributed by atoms with Crippen LogP contribution in [-0.4, -0.2) is 16.7 Å². The van der Waals surface area contributed by atoms with Crippen LogP contribution in [0, 0.1) is 11.2 Å². The van der Waals surface area contributed by atoms with Crippen LogP contribution in [0.5, 0.6) is 0 Å². The molecule has 2 aliphatic rings. The highest BCUT2D eigenvalue weighted by Gasteiger charge is 2.42. The van der Waals surface area contributed by atoms with Crippen LogP contribution in [0.2, 0.25) is 0 Å². The molecule has 5 nitrogen and oxygen atoms in total. The summed E-state index contributed by atoms with van der Waals surface area (Å²) in [5, 5.41) is 6.09. The molecule has 154 valence electrons. The van der Waals surface area contributed by atoms with Crippen molar-refractivity contribution in [3.05, 3.63) is 82.7 Å². The van der Waals surface area contributed by atoms with E-state index in [4.69, 9.17) is 0 Å². The van der Waals surface area contributed by atoms with E-state index in [2.05, 4.69) is 29.5 Å². The van der Waals surface area contributed by atoms with Crippen LogP contribution in [0.4, 0.5) is 10.1 Å². The maximum Gasteiger partial charge on any atom is 0.254 e. The molecule has 1 aliphatic carbocycles. The molecule has 1 aromatic heterocycles. The summed E-state index contributed by atoms with van der Waals surface area (Å²) in [4.78, 5) is 30.7. The molecule has 4 rings (SSSR count). The fraction of sp³-hybridized carbons (Fsp3) is 0.292. The minimum atomic E-state index is -0.521. The molecule has 2 N–H and O–H groups in total. The minimum Gasteiger partial charge on any atom is -0.362 e. The number of anilines is 1. The average Bonchev–Trinajstić information content (AvgIpc) is 2.66. The summed E-state index contributed by atoms with van der Waals surface area (Å²) >= 11 is 0. The Balaban J connectivity index is 1.79. The summed E-state index contributed by atoms with van der Waals surface area (Å²) in [6, 6.07) is 9.43. The number of benzene rings is 1. The number of hydrogen-bond donors (Lipinski definition) is 2. The van der Waals surface area contributed by atoms with Gasteiger partial charge in [-0.2, -0.15) is 0 Å². The number of aromatic nitrogens is 1. The number of nitrogens with one attached hydrogen (secondary N) is 2. The summed E-state index contributed by atoms with van der Waals surface area (Å²) in [6.07, 6.45) is 4.49. The number of Topliss-reactive ketones (excluding diaryl/α,β-unsaturated/α-hetero) is 1. The van der Waals surface area contributed by atoms with Crippen LogP contribution in [-0.2, 0) is 9.59 Å². The Morgan fingerprint density at radius 1 is 1.23 bits per heavy atom. The summed E-state index contributed by atoms with van der Waals surface area (Å²) in [5.41, 5.74) is 3.61. The maximum absolute atomic E-state index is 13.6. The van der Waals surface area contributed by atoms with Gasteiger partial charge in [-0.25, -0.2) is 4.39 Å². The third-order valence-corrected chi connectivity index (χ3v) is 5.58. The predicted octanol–water partition coefficient (Wildman–Crippen LogP) is 4.46. The number of hydrogen-bond acceptors (Lipinski definition) is 4. The molecular formula is C24H24FN3O2. The number of carbonyl (C=O) groups is 2. The first kappa shape index (κ1) is 20.0. The van der Waals surface area contributed by atoms with Gasteiger partial charge >= 0.3 is 0 Å². The van der Waals surface area contributed by atoms with E-state index >= 15 is 0 Å². The van der Waals surface area contributed by atoms with E-state index in [-0.39, 0.29) is 17.1 Å². The zero-order valence-electron chi connectivity index (χ0n) is 17.3. The summed E-state index contributed by atoms with van der Waals surface area (Å²) in [5.74, 6) is -1.29. The molecule has 1 atom stereocenters. The Kier molecular flexibility index (Phi) is 5.02. The number of rotatable bonds is 3. The molecule has 0 fully saturated rings. The number of dihydropyridines is 1. The van der Waals surface area contributed by atoms with E-state index in [0.717, 1.165) is 17.7 Å². The van der Waals surface area contributed by atoms with Crippen LogP contribution >= 0.6 is 0 Å². The van der Waals surface area contributed by atoms with Crippen molar-refractivity contribution < 1.29 is 14.0 Å². The first-order valence-electron chi connectivity index (χ1n) is 9.96. The zero-order valence-corrected chi connectivity index (χ0v) is 17.3. The lowest BCUT2D eigenvalue weighted by molar-refractivity contribution is -0.118. The second kappa shape index (κ2) is 7.52. The first-order chi connectivity index (χ1) is 14.2. The van der Waals surface area contributed by atoms with E-state index in [1.165, 1.54) is 18.2 Å².